The zero-order valence-electron chi connectivity index (χ0n) is 23.8. The first kappa shape index (κ1) is 28.5. The molecule has 0 atom stereocenters. The summed E-state index contributed by atoms with van der Waals surface area (Å²) >= 11 is 16.6. The molecule has 0 unspecified atom stereocenters. The number of hydrogen-bond acceptors (Lipinski definition) is 10. The zero-order chi connectivity index (χ0) is 29.9. The molecule has 2 aliphatic carbocycles. The summed E-state index contributed by atoms with van der Waals surface area (Å²) in [7, 11) is 0. The van der Waals surface area contributed by atoms with Crippen LogP contribution in [0.25, 0.3) is 20.9 Å². The third kappa shape index (κ3) is 3.95. The third-order valence-electron chi connectivity index (χ3n) is 8.50. The molecule has 4 heterocycles. The summed E-state index contributed by atoms with van der Waals surface area (Å²) in [6, 6.07) is 9.00. The van der Waals surface area contributed by atoms with Crippen molar-refractivity contribution in [2.45, 2.75) is 52.4 Å². The minimum Gasteiger partial charge on any atom is -0.292 e. The Morgan fingerprint density at radius 1 is 0.667 bits per heavy atom. The van der Waals surface area contributed by atoms with Crippen molar-refractivity contribution in [3.05, 3.63) is 46.5 Å². The van der Waals surface area contributed by atoms with Gasteiger partial charge in [0.1, 0.15) is 18.6 Å². The van der Waals surface area contributed by atoms with Crippen LogP contribution in [-0.4, -0.2) is 53.4 Å². The number of thioether (sulfide) groups is 2. The number of nitrogens with zero attached hydrogens (tertiary/aromatic N) is 4. The highest BCUT2D eigenvalue weighted by atomic mass is 32.2. The molecule has 3 aromatic rings. The van der Waals surface area contributed by atoms with E-state index >= 15 is 0 Å². The van der Waals surface area contributed by atoms with Crippen LogP contribution in [0.5, 0.6) is 0 Å². The van der Waals surface area contributed by atoms with Crippen LogP contribution in [0.2, 0.25) is 0 Å². The van der Waals surface area contributed by atoms with E-state index in [2.05, 4.69) is 52.0 Å². The second-order valence-corrected chi connectivity index (χ2v) is 16.8. The van der Waals surface area contributed by atoms with E-state index in [4.69, 9.17) is 34.4 Å². The number of amides is 2. The molecular weight excluding hydrogens is 641 g/mol. The van der Waals surface area contributed by atoms with E-state index in [1.165, 1.54) is 66.7 Å². The van der Waals surface area contributed by atoms with Gasteiger partial charge in [0.2, 0.25) is 0 Å². The molecule has 7 rings (SSSR count). The molecule has 2 fully saturated rings. The van der Waals surface area contributed by atoms with Crippen molar-refractivity contribution in [1.82, 2.24) is 9.80 Å². The molecule has 4 aliphatic rings. The fraction of sp³-hybridized carbons (Fsp3) is 0.333. The standard InChI is InChI=1S/C30H26N4O2S6/c1-7-33-25(35)23(41-27(33)37)31-19-11-17-21(39-19)13-9-16-14(10-15(13)29(17,3)4)22-18(30(16,5)6)12-20(40-22)32-24-26(36)34(8-2)28(38)42-24/h9-12H,7-8H2,1-6H3. The lowest BCUT2D eigenvalue weighted by molar-refractivity contribution is -0.120. The van der Waals surface area contributed by atoms with Gasteiger partial charge in [-0.15, -0.1) is 22.7 Å². The van der Waals surface area contributed by atoms with E-state index in [9.17, 15) is 9.59 Å². The Morgan fingerprint density at radius 3 is 1.38 bits per heavy atom. The SMILES string of the molecule is CCN1C(=O)C(=Nc2cc3c(s2)-c2cc4c(cc2C3(C)C)-c2sc(N=C3SC(=S)N(CC)C3=O)cc2C4(C)C)SC1=S. The number of hydrogen-bond donors (Lipinski definition) is 0. The molecule has 2 aromatic heterocycles. The molecule has 0 radical (unpaired) electrons. The van der Waals surface area contributed by atoms with Crippen LogP contribution >= 0.6 is 70.6 Å². The largest absolute Gasteiger partial charge is 0.292 e. The van der Waals surface area contributed by atoms with Crippen LogP contribution in [0.4, 0.5) is 10.0 Å². The fourth-order valence-electron chi connectivity index (χ4n) is 6.14. The summed E-state index contributed by atoms with van der Waals surface area (Å²) in [5.41, 5.74) is 7.11. The summed E-state index contributed by atoms with van der Waals surface area (Å²) in [5.74, 6) is -0.227. The summed E-state index contributed by atoms with van der Waals surface area (Å²) in [6.07, 6.45) is 0. The molecule has 2 saturated heterocycles. The zero-order valence-corrected chi connectivity index (χ0v) is 28.7. The first-order valence-electron chi connectivity index (χ1n) is 13.6. The summed E-state index contributed by atoms with van der Waals surface area (Å²) in [6.45, 7) is 14.0. The number of fused-ring (bicyclic) bond motifs is 6. The van der Waals surface area contributed by atoms with Crippen molar-refractivity contribution in [2.75, 3.05) is 13.1 Å². The number of thiophene rings is 2. The molecule has 12 heteroatoms. The second-order valence-electron chi connectivity index (χ2n) is 11.5. The van der Waals surface area contributed by atoms with Gasteiger partial charge in [0, 0.05) is 33.7 Å². The number of rotatable bonds is 4. The van der Waals surface area contributed by atoms with Crippen molar-refractivity contribution in [3.8, 4) is 20.9 Å². The molecule has 0 saturated carbocycles. The molecular formula is C30H26N4O2S6. The maximum Gasteiger partial charge on any atom is 0.285 e. The van der Waals surface area contributed by atoms with Crippen molar-refractivity contribution >= 4 is 111 Å². The molecule has 0 N–H and O–H groups in total. The number of carbonyl (C=O) groups excluding carboxylic acids is 2. The number of carbonyl (C=O) groups is 2. The molecule has 2 amide bonds. The van der Waals surface area contributed by atoms with Gasteiger partial charge in [0.15, 0.2) is 10.1 Å². The third-order valence-corrected chi connectivity index (χ3v) is 13.3. The maximum absolute atomic E-state index is 12.8. The Labute approximate surface area is 271 Å². The molecule has 214 valence electrons. The number of aliphatic imine (C=N–C) groups is 2. The first-order valence-corrected chi connectivity index (χ1v) is 17.7. The molecule has 0 bridgehead atoms. The summed E-state index contributed by atoms with van der Waals surface area (Å²) in [5, 5.41) is 2.55. The van der Waals surface area contributed by atoms with Crippen molar-refractivity contribution < 1.29 is 9.59 Å². The Bertz CT molecular complexity index is 1730. The van der Waals surface area contributed by atoms with Gasteiger partial charge in [0.05, 0.1) is 0 Å². The maximum atomic E-state index is 12.8. The minimum absolute atomic E-state index is 0.114. The van der Waals surface area contributed by atoms with Crippen LogP contribution in [0.3, 0.4) is 0 Å². The minimum atomic E-state index is -0.217. The summed E-state index contributed by atoms with van der Waals surface area (Å²) < 4.78 is 1.13. The van der Waals surface area contributed by atoms with E-state index in [0.29, 0.717) is 31.8 Å². The Kier molecular flexibility index (Phi) is 6.55. The lowest BCUT2D eigenvalue weighted by Crippen LogP contribution is -2.29. The highest BCUT2D eigenvalue weighted by Crippen LogP contribution is 2.60. The van der Waals surface area contributed by atoms with Gasteiger partial charge in [-0.3, -0.25) is 19.4 Å². The number of benzene rings is 1. The topological polar surface area (TPSA) is 65.3 Å². The van der Waals surface area contributed by atoms with Gasteiger partial charge in [-0.1, -0.05) is 52.1 Å². The molecule has 6 nitrogen and oxygen atoms in total. The van der Waals surface area contributed by atoms with Gasteiger partial charge < -0.3 is 0 Å². The lowest BCUT2D eigenvalue weighted by Gasteiger charge is -2.24. The predicted octanol–water partition coefficient (Wildman–Crippen LogP) is 8.24. The van der Waals surface area contributed by atoms with Crippen molar-refractivity contribution in [2.24, 2.45) is 9.98 Å². The van der Waals surface area contributed by atoms with Crippen molar-refractivity contribution in [3.63, 3.8) is 0 Å². The monoisotopic (exact) mass is 666 g/mol. The second kappa shape index (κ2) is 9.64. The Morgan fingerprint density at radius 2 is 1.05 bits per heavy atom. The highest BCUT2D eigenvalue weighted by molar-refractivity contribution is 8.35. The van der Waals surface area contributed by atoms with E-state index < -0.39 is 0 Å². The predicted molar refractivity (Wildman–Crippen MR) is 187 cm³/mol. The van der Waals surface area contributed by atoms with E-state index in [1.807, 2.05) is 13.8 Å². The molecule has 1 aromatic carbocycles. The Balaban J connectivity index is 1.28. The van der Waals surface area contributed by atoms with Gasteiger partial charge in [-0.25, -0.2) is 9.98 Å². The normalized spacial score (nSPS) is 21.7. The van der Waals surface area contributed by atoms with E-state index in [-0.39, 0.29) is 22.6 Å². The average molecular weight is 667 g/mol. The first-order chi connectivity index (χ1) is 19.9. The van der Waals surface area contributed by atoms with Gasteiger partial charge in [-0.2, -0.15) is 0 Å². The van der Waals surface area contributed by atoms with E-state index in [1.54, 1.807) is 32.5 Å². The fourth-order valence-corrected chi connectivity index (χ4v) is 11.3. The quantitative estimate of drug-likeness (QED) is 0.262. The number of thiocarbonyl (C=S) groups is 2. The van der Waals surface area contributed by atoms with Crippen LogP contribution in [-0.2, 0) is 20.4 Å². The van der Waals surface area contributed by atoms with Gasteiger partial charge in [-0.05, 0) is 95.0 Å². The smallest absolute Gasteiger partial charge is 0.285 e. The Hall–Kier alpha value is -2.22. The van der Waals surface area contributed by atoms with E-state index in [0.717, 1.165) is 10.0 Å². The van der Waals surface area contributed by atoms with Crippen LogP contribution < -0.4 is 0 Å². The van der Waals surface area contributed by atoms with Crippen LogP contribution in [0.15, 0.2) is 34.3 Å². The average Bonchev–Trinajstić information content (AvgIpc) is 3.73. The summed E-state index contributed by atoms with van der Waals surface area (Å²) in [4.78, 5) is 40.7. The van der Waals surface area contributed by atoms with Gasteiger partial charge in [0.25, 0.3) is 11.8 Å². The highest BCUT2D eigenvalue weighted by Gasteiger charge is 2.44. The van der Waals surface area contributed by atoms with Crippen LogP contribution in [0.1, 0.15) is 63.8 Å². The molecule has 0 spiro atoms. The lowest BCUT2D eigenvalue weighted by atomic mass is 9.79. The van der Waals surface area contributed by atoms with Crippen LogP contribution in [0, 0.1) is 0 Å². The molecule has 2 aliphatic heterocycles. The molecule has 42 heavy (non-hydrogen) atoms. The van der Waals surface area contributed by atoms with Crippen molar-refractivity contribution in [1.29, 1.82) is 0 Å². The van der Waals surface area contributed by atoms with Gasteiger partial charge >= 0.3 is 0 Å².